The first-order valence-corrected chi connectivity index (χ1v) is 10.3. The highest BCUT2D eigenvalue weighted by Crippen LogP contribution is 2.29. The second-order valence-electron chi connectivity index (χ2n) is 7.61. The van der Waals surface area contributed by atoms with Crippen LogP contribution in [0.2, 0.25) is 0 Å². The largest absolute Gasteiger partial charge is 0.381 e. The monoisotopic (exact) mass is 384 g/mol. The van der Waals surface area contributed by atoms with Gasteiger partial charge in [0.1, 0.15) is 0 Å². The molecule has 150 valence electrons. The summed E-state index contributed by atoms with van der Waals surface area (Å²) in [6.07, 6.45) is 6.08. The maximum Gasteiger partial charge on any atom is 0.257 e. The molecule has 7 heteroatoms. The van der Waals surface area contributed by atoms with Crippen molar-refractivity contribution in [1.29, 1.82) is 0 Å². The number of amides is 1. The number of likely N-dealkylation sites (tertiary alicyclic amines) is 1. The van der Waals surface area contributed by atoms with Crippen LogP contribution in [0.5, 0.6) is 0 Å². The Morgan fingerprint density at radius 2 is 1.93 bits per heavy atom. The van der Waals surface area contributed by atoms with Crippen molar-refractivity contribution < 1.29 is 14.1 Å². The topological polar surface area (TPSA) is 80.5 Å². The summed E-state index contributed by atoms with van der Waals surface area (Å²) in [4.78, 5) is 19.5. The van der Waals surface area contributed by atoms with E-state index < -0.39 is 0 Å². The lowest BCUT2D eigenvalue weighted by molar-refractivity contribution is -0.124. The van der Waals surface area contributed by atoms with E-state index in [-0.39, 0.29) is 18.0 Å². The molecule has 1 N–H and O–H groups in total. The highest BCUT2D eigenvalue weighted by Gasteiger charge is 2.29. The third-order valence-corrected chi connectivity index (χ3v) is 5.56. The van der Waals surface area contributed by atoms with Gasteiger partial charge in [0.15, 0.2) is 5.82 Å². The van der Waals surface area contributed by atoms with Gasteiger partial charge in [-0.1, -0.05) is 36.2 Å². The van der Waals surface area contributed by atoms with E-state index in [9.17, 15) is 4.79 Å². The van der Waals surface area contributed by atoms with Crippen LogP contribution in [0, 0.1) is 0 Å². The van der Waals surface area contributed by atoms with Crippen molar-refractivity contribution in [1.82, 2.24) is 20.4 Å². The molecule has 7 nitrogen and oxygen atoms in total. The molecule has 0 spiro atoms. The zero-order valence-corrected chi connectivity index (χ0v) is 16.2. The molecule has 2 fully saturated rings. The second-order valence-corrected chi connectivity index (χ2v) is 7.61. The average molecular weight is 384 g/mol. The van der Waals surface area contributed by atoms with Crippen molar-refractivity contribution in [3.63, 3.8) is 0 Å². The Kier molecular flexibility index (Phi) is 6.34. The van der Waals surface area contributed by atoms with Crippen molar-refractivity contribution in [2.75, 3.05) is 26.3 Å². The van der Waals surface area contributed by atoms with Gasteiger partial charge in [0.25, 0.3) is 5.89 Å². The lowest BCUT2D eigenvalue weighted by atomic mass is 10.1. The van der Waals surface area contributed by atoms with E-state index in [1.807, 2.05) is 30.3 Å². The Balaban J connectivity index is 1.44. The minimum absolute atomic E-state index is 0.0177. The van der Waals surface area contributed by atoms with Gasteiger partial charge in [0, 0.05) is 24.8 Å². The van der Waals surface area contributed by atoms with Crippen molar-refractivity contribution in [3.8, 4) is 11.5 Å². The summed E-state index contributed by atoms with van der Waals surface area (Å²) in [5.74, 6) is 1.29. The van der Waals surface area contributed by atoms with Crippen molar-refractivity contribution in [2.45, 2.75) is 50.6 Å². The van der Waals surface area contributed by atoms with E-state index in [2.05, 4.69) is 20.4 Å². The van der Waals surface area contributed by atoms with Crippen molar-refractivity contribution in [2.24, 2.45) is 0 Å². The molecule has 2 aliphatic heterocycles. The molecule has 0 bridgehead atoms. The van der Waals surface area contributed by atoms with Crippen LogP contribution >= 0.6 is 0 Å². The second kappa shape index (κ2) is 9.30. The van der Waals surface area contributed by atoms with E-state index in [4.69, 9.17) is 9.26 Å². The van der Waals surface area contributed by atoms with Gasteiger partial charge in [-0.2, -0.15) is 4.98 Å². The van der Waals surface area contributed by atoms with Gasteiger partial charge in [0.2, 0.25) is 5.91 Å². The van der Waals surface area contributed by atoms with E-state index in [0.717, 1.165) is 63.8 Å². The lowest BCUT2D eigenvalue weighted by Gasteiger charge is -2.29. The predicted molar refractivity (Wildman–Crippen MR) is 104 cm³/mol. The number of nitrogens with zero attached hydrogens (tertiary/aromatic N) is 3. The van der Waals surface area contributed by atoms with Crippen LogP contribution < -0.4 is 5.32 Å². The van der Waals surface area contributed by atoms with Gasteiger partial charge in [0.05, 0.1) is 12.6 Å². The Hall–Kier alpha value is -2.25. The molecule has 0 radical (unpaired) electrons. The average Bonchev–Trinajstić information content (AvgIpc) is 3.10. The number of aromatic nitrogens is 2. The maximum atomic E-state index is 12.6. The first-order valence-electron chi connectivity index (χ1n) is 10.3. The Labute approximate surface area is 165 Å². The molecule has 1 atom stereocenters. The van der Waals surface area contributed by atoms with E-state index >= 15 is 0 Å². The first-order chi connectivity index (χ1) is 13.8. The molecule has 0 aliphatic carbocycles. The molecule has 1 aromatic carbocycles. The highest BCUT2D eigenvalue weighted by atomic mass is 16.5. The molecule has 2 saturated heterocycles. The minimum atomic E-state index is 0.0177. The van der Waals surface area contributed by atoms with Gasteiger partial charge in [-0.3, -0.25) is 9.69 Å². The number of nitrogens with one attached hydrogen (secondary N) is 1. The SMILES string of the molecule is O=C(CN1CCCCC[C@@H]1c1noc(-c2ccccc2)n1)NC1CCOCC1. The van der Waals surface area contributed by atoms with Gasteiger partial charge >= 0.3 is 0 Å². The summed E-state index contributed by atoms with van der Waals surface area (Å²) in [7, 11) is 0. The van der Waals surface area contributed by atoms with Crippen LogP contribution in [0.1, 0.15) is 50.4 Å². The standard InChI is InChI=1S/C21H28N4O3/c26-19(22-17-10-13-27-14-11-17)15-25-12-6-2-5-9-18(25)20-23-21(28-24-20)16-7-3-1-4-8-16/h1,3-4,7-8,17-18H,2,5-6,9-15H2,(H,22,26)/t18-/m1/s1. The van der Waals surface area contributed by atoms with E-state index in [1.54, 1.807) is 0 Å². The number of carbonyl (C=O) groups is 1. The maximum absolute atomic E-state index is 12.6. The fraction of sp³-hybridized carbons (Fsp3) is 0.571. The summed E-state index contributed by atoms with van der Waals surface area (Å²) in [5, 5.41) is 7.42. The van der Waals surface area contributed by atoms with E-state index in [1.165, 1.54) is 0 Å². The van der Waals surface area contributed by atoms with Crippen LogP contribution in [0.25, 0.3) is 11.5 Å². The molecular formula is C21H28N4O3. The summed E-state index contributed by atoms with van der Waals surface area (Å²) >= 11 is 0. The number of hydrogen-bond donors (Lipinski definition) is 1. The van der Waals surface area contributed by atoms with Gasteiger partial charge in [-0.25, -0.2) is 0 Å². The summed E-state index contributed by atoms with van der Waals surface area (Å²) in [6, 6.07) is 10.0. The third kappa shape index (κ3) is 4.77. The smallest absolute Gasteiger partial charge is 0.257 e. The van der Waals surface area contributed by atoms with Crippen molar-refractivity contribution >= 4 is 5.91 Å². The number of rotatable bonds is 5. The minimum Gasteiger partial charge on any atom is -0.381 e. The zero-order chi connectivity index (χ0) is 19.2. The molecule has 2 aromatic rings. The molecule has 0 unspecified atom stereocenters. The Morgan fingerprint density at radius 1 is 1.11 bits per heavy atom. The molecule has 1 amide bonds. The number of hydrogen-bond acceptors (Lipinski definition) is 6. The molecule has 2 aliphatic rings. The number of benzene rings is 1. The molecule has 28 heavy (non-hydrogen) atoms. The van der Waals surface area contributed by atoms with E-state index in [0.29, 0.717) is 18.3 Å². The molecule has 1 aromatic heterocycles. The van der Waals surface area contributed by atoms with Crippen LogP contribution in [-0.2, 0) is 9.53 Å². The highest BCUT2D eigenvalue weighted by molar-refractivity contribution is 5.78. The Morgan fingerprint density at radius 3 is 2.75 bits per heavy atom. The molecule has 0 saturated carbocycles. The fourth-order valence-corrected chi connectivity index (χ4v) is 4.02. The number of ether oxygens (including phenoxy) is 1. The van der Waals surface area contributed by atoms with Crippen LogP contribution in [0.15, 0.2) is 34.9 Å². The number of carbonyl (C=O) groups excluding carboxylic acids is 1. The molecular weight excluding hydrogens is 356 g/mol. The van der Waals surface area contributed by atoms with Crippen LogP contribution in [0.3, 0.4) is 0 Å². The Bertz CT molecular complexity index is 758. The summed E-state index contributed by atoms with van der Waals surface area (Å²) in [6.45, 7) is 2.70. The van der Waals surface area contributed by atoms with Gasteiger partial charge in [-0.05, 0) is 44.4 Å². The van der Waals surface area contributed by atoms with Crippen LogP contribution in [0.4, 0.5) is 0 Å². The lowest BCUT2D eigenvalue weighted by Crippen LogP contribution is -2.45. The van der Waals surface area contributed by atoms with Gasteiger partial charge in [-0.15, -0.1) is 0 Å². The predicted octanol–water partition coefficient (Wildman–Crippen LogP) is 2.95. The van der Waals surface area contributed by atoms with Crippen molar-refractivity contribution in [3.05, 3.63) is 36.2 Å². The normalized spacial score (nSPS) is 21.9. The third-order valence-electron chi connectivity index (χ3n) is 5.56. The molecule has 3 heterocycles. The molecule has 4 rings (SSSR count). The summed E-state index contributed by atoms with van der Waals surface area (Å²) in [5.41, 5.74) is 0.915. The van der Waals surface area contributed by atoms with Gasteiger partial charge < -0.3 is 14.6 Å². The zero-order valence-electron chi connectivity index (χ0n) is 16.2. The first kappa shape index (κ1) is 19.1. The quantitative estimate of drug-likeness (QED) is 0.854. The summed E-state index contributed by atoms with van der Waals surface area (Å²) < 4.78 is 10.9. The fourth-order valence-electron chi connectivity index (χ4n) is 4.02. The van der Waals surface area contributed by atoms with Crippen LogP contribution in [-0.4, -0.2) is 53.3 Å².